The molecule has 0 saturated carbocycles. The van der Waals surface area contributed by atoms with Gasteiger partial charge < -0.3 is 14.2 Å². The Balaban J connectivity index is 2.50. The minimum atomic E-state index is -0.980. The number of carbonyl (C=O) groups excluding carboxylic acids is 4. The van der Waals surface area contributed by atoms with Gasteiger partial charge in [0.15, 0.2) is 0 Å². The summed E-state index contributed by atoms with van der Waals surface area (Å²) in [5.74, 6) is -6.18. The molecule has 7 nitrogen and oxygen atoms in total. The molecule has 0 aromatic carbocycles. The monoisotopic (exact) mass is 354 g/mol. The van der Waals surface area contributed by atoms with Gasteiger partial charge in [-0.05, 0) is 10.8 Å². The predicted octanol–water partition coefficient (Wildman–Crippen LogP) is 1.73. The number of carbonyl (C=O) groups is 4. The first kappa shape index (κ1) is 19.6. The summed E-state index contributed by atoms with van der Waals surface area (Å²) in [6, 6.07) is 0. The van der Waals surface area contributed by atoms with E-state index in [1.165, 1.54) is 7.11 Å². The van der Waals surface area contributed by atoms with E-state index in [0.717, 1.165) is 0 Å². The van der Waals surface area contributed by atoms with Crippen LogP contribution in [-0.2, 0) is 33.4 Å². The average Bonchev–Trinajstić information content (AvgIpc) is 2.87. The summed E-state index contributed by atoms with van der Waals surface area (Å²) in [4.78, 5) is 49.2. The van der Waals surface area contributed by atoms with Crippen LogP contribution in [0.2, 0.25) is 0 Å². The zero-order chi connectivity index (χ0) is 19.3. The third-order valence-corrected chi connectivity index (χ3v) is 5.02. The summed E-state index contributed by atoms with van der Waals surface area (Å²) >= 11 is 0. The molecule has 25 heavy (non-hydrogen) atoms. The van der Waals surface area contributed by atoms with Crippen LogP contribution in [0.1, 0.15) is 41.5 Å². The van der Waals surface area contributed by atoms with Crippen molar-refractivity contribution in [1.82, 2.24) is 0 Å². The first-order chi connectivity index (χ1) is 11.3. The van der Waals surface area contributed by atoms with E-state index in [0.29, 0.717) is 0 Å². The van der Waals surface area contributed by atoms with Gasteiger partial charge in [-0.3, -0.25) is 19.2 Å². The quantitative estimate of drug-likeness (QED) is 0.562. The average molecular weight is 354 g/mol. The van der Waals surface area contributed by atoms with E-state index in [2.05, 4.69) is 0 Å². The van der Waals surface area contributed by atoms with E-state index in [-0.39, 0.29) is 0 Å². The predicted molar refractivity (Wildman–Crippen MR) is 85.9 cm³/mol. The molecule has 0 radical (unpaired) electrons. The van der Waals surface area contributed by atoms with Crippen LogP contribution in [0.5, 0.6) is 0 Å². The minimum Gasteiger partial charge on any atom is -0.393 e. The van der Waals surface area contributed by atoms with Gasteiger partial charge in [0.05, 0.1) is 29.8 Å². The maximum atomic E-state index is 12.4. The second-order valence-electron chi connectivity index (χ2n) is 8.92. The van der Waals surface area contributed by atoms with Gasteiger partial charge in [0, 0.05) is 7.11 Å². The number of hydrogen-bond acceptors (Lipinski definition) is 7. The fourth-order valence-electron chi connectivity index (χ4n) is 3.98. The van der Waals surface area contributed by atoms with Gasteiger partial charge >= 0.3 is 23.9 Å². The van der Waals surface area contributed by atoms with Crippen LogP contribution >= 0.6 is 0 Å². The van der Waals surface area contributed by atoms with Gasteiger partial charge in [-0.15, -0.1) is 0 Å². The Morgan fingerprint density at radius 3 is 1.28 bits per heavy atom. The highest BCUT2D eigenvalue weighted by Crippen LogP contribution is 2.47. The normalized spacial score (nSPS) is 32.0. The van der Waals surface area contributed by atoms with Crippen LogP contribution < -0.4 is 0 Å². The van der Waals surface area contributed by atoms with Crippen molar-refractivity contribution < 1.29 is 33.4 Å². The number of methoxy groups -OCH3 is 1. The summed E-state index contributed by atoms with van der Waals surface area (Å²) in [6.45, 7) is 10.9. The molecule has 0 amide bonds. The Bertz CT molecular complexity index is 556. The highest BCUT2D eigenvalue weighted by Gasteiger charge is 2.61. The lowest BCUT2D eigenvalue weighted by Crippen LogP contribution is -2.47. The van der Waals surface area contributed by atoms with Crippen molar-refractivity contribution in [3.05, 3.63) is 0 Å². The van der Waals surface area contributed by atoms with E-state index in [1.807, 2.05) is 41.5 Å². The first-order valence-electron chi connectivity index (χ1n) is 8.34. The number of ether oxygens (including phenoxy) is 3. The summed E-state index contributed by atoms with van der Waals surface area (Å²) in [5.41, 5.74) is -1.15. The fourth-order valence-corrected chi connectivity index (χ4v) is 3.98. The highest BCUT2D eigenvalue weighted by molar-refractivity contribution is 6.00. The number of esters is 4. The molecule has 2 rings (SSSR count). The Morgan fingerprint density at radius 1 is 0.720 bits per heavy atom. The lowest BCUT2D eigenvalue weighted by Gasteiger charge is -2.36. The van der Waals surface area contributed by atoms with Gasteiger partial charge in [-0.25, -0.2) is 0 Å². The van der Waals surface area contributed by atoms with Crippen LogP contribution in [0.15, 0.2) is 0 Å². The Labute approximate surface area is 147 Å². The van der Waals surface area contributed by atoms with Gasteiger partial charge in [0.1, 0.15) is 0 Å². The summed E-state index contributed by atoms with van der Waals surface area (Å²) in [7, 11) is 1.36. The Morgan fingerprint density at radius 2 is 1.04 bits per heavy atom. The van der Waals surface area contributed by atoms with E-state index >= 15 is 0 Å². The van der Waals surface area contributed by atoms with Gasteiger partial charge in [0.2, 0.25) is 0 Å². The van der Waals surface area contributed by atoms with Crippen LogP contribution in [0.25, 0.3) is 0 Å². The maximum Gasteiger partial charge on any atom is 0.320 e. The molecule has 7 heteroatoms. The summed E-state index contributed by atoms with van der Waals surface area (Å²) in [6.07, 6.45) is -0.980. The molecular weight excluding hydrogens is 328 g/mol. The van der Waals surface area contributed by atoms with Crippen molar-refractivity contribution in [3.8, 4) is 0 Å². The molecule has 4 atom stereocenters. The fraction of sp³-hybridized carbons (Fsp3) is 0.778. The molecule has 2 saturated heterocycles. The van der Waals surface area contributed by atoms with Crippen molar-refractivity contribution in [2.75, 3.05) is 7.11 Å². The largest absolute Gasteiger partial charge is 0.393 e. The minimum absolute atomic E-state index is 0.575. The number of cyclic esters (lactones) is 4. The van der Waals surface area contributed by atoms with Gasteiger partial charge in [-0.2, -0.15) is 0 Å². The molecule has 2 aliphatic rings. The van der Waals surface area contributed by atoms with Crippen LogP contribution in [0.4, 0.5) is 0 Å². The van der Waals surface area contributed by atoms with Crippen LogP contribution in [-0.4, -0.2) is 37.1 Å². The summed E-state index contributed by atoms with van der Waals surface area (Å²) < 4.78 is 15.2. The third-order valence-electron chi connectivity index (χ3n) is 5.02. The number of rotatable bonds is 3. The molecule has 0 aromatic heterocycles. The molecule has 2 aliphatic heterocycles. The lowest BCUT2D eigenvalue weighted by molar-refractivity contribution is -0.156. The van der Waals surface area contributed by atoms with Crippen LogP contribution in [0.3, 0.4) is 0 Å². The molecule has 0 aromatic rings. The van der Waals surface area contributed by atoms with Crippen molar-refractivity contribution in [3.63, 3.8) is 0 Å². The standard InChI is InChI=1S/C18H26O7/c1-17(2,3)10-8(13(19)24-15(10)21)12(23-7)9-11(18(4,5)6)16(22)25-14(9)20/h8-12H,1-7H3. The van der Waals surface area contributed by atoms with E-state index in [9.17, 15) is 19.2 Å². The molecule has 140 valence electrons. The van der Waals surface area contributed by atoms with Crippen molar-refractivity contribution in [2.45, 2.75) is 47.6 Å². The van der Waals surface area contributed by atoms with E-state index in [1.54, 1.807) is 0 Å². The SMILES string of the molecule is COC(C1C(=O)OC(=O)C1C(C)(C)C)C1C(=O)OC(=O)C1C(C)(C)C. The zero-order valence-corrected chi connectivity index (χ0v) is 15.7. The molecule has 2 heterocycles. The van der Waals surface area contributed by atoms with Crippen LogP contribution in [0, 0.1) is 34.5 Å². The topological polar surface area (TPSA) is 96.0 Å². The molecule has 0 aliphatic carbocycles. The molecule has 0 N–H and O–H groups in total. The maximum absolute atomic E-state index is 12.4. The first-order valence-corrected chi connectivity index (χ1v) is 8.34. The molecule has 4 unspecified atom stereocenters. The second-order valence-corrected chi connectivity index (χ2v) is 8.92. The van der Waals surface area contributed by atoms with Gasteiger partial charge in [-0.1, -0.05) is 41.5 Å². The molecule has 0 spiro atoms. The molecule has 2 fully saturated rings. The number of hydrogen-bond donors (Lipinski definition) is 0. The third kappa shape index (κ3) is 3.34. The molecule has 0 bridgehead atoms. The highest BCUT2D eigenvalue weighted by atomic mass is 16.6. The van der Waals surface area contributed by atoms with Gasteiger partial charge in [0.25, 0.3) is 0 Å². The van der Waals surface area contributed by atoms with E-state index in [4.69, 9.17) is 14.2 Å². The Hall–Kier alpha value is -1.76. The second kappa shape index (κ2) is 6.20. The van der Waals surface area contributed by atoms with Crippen molar-refractivity contribution >= 4 is 23.9 Å². The van der Waals surface area contributed by atoms with Crippen molar-refractivity contribution in [1.29, 1.82) is 0 Å². The smallest absolute Gasteiger partial charge is 0.320 e. The lowest BCUT2D eigenvalue weighted by atomic mass is 9.66. The Kier molecular flexibility index (Phi) is 4.85. The molecular formula is C18H26O7. The van der Waals surface area contributed by atoms with E-state index < -0.39 is 64.5 Å². The summed E-state index contributed by atoms with van der Waals surface area (Å²) in [5, 5.41) is 0. The van der Waals surface area contributed by atoms with Crippen molar-refractivity contribution in [2.24, 2.45) is 34.5 Å². The zero-order valence-electron chi connectivity index (χ0n) is 15.7.